The van der Waals surface area contributed by atoms with Crippen molar-refractivity contribution >= 4 is 34.1 Å². The number of pyridine rings is 1. The molecule has 4 aromatic rings. The van der Waals surface area contributed by atoms with Gasteiger partial charge in [-0.3, -0.25) is 4.79 Å². The zero-order valence-corrected chi connectivity index (χ0v) is 16.1. The summed E-state index contributed by atoms with van der Waals surface area (Å²) < 4.78 is 54.5. The zero-order chi connectivity index (χ0) is 20.6. The van der Waals surface area contributed by atoms with Crippen molar-refractivity contribution in [2.75, 3.05) is 0 Å². The van der Waals surface area contributed by atoms with Gasteiger partial charge in [0.2, 0.25) is 0 Å². The van der Waals surface area contributed by atoms with Crippen LogP contribution in [0.25, 0.3) is 21.6 Å². The molecular weight excluding hydrogens is 426 g/mol. The van der Waals surface area contributed by atoms with Crippen LogP contribution in [0.3, 0.4) is 0 Å². The van der Waals surface area contributed by atoms with Gasteiger partial charge in [0.25, 0.3) is 5.56 Å². The standard InChI is InChI=1S/C19H11F4N3OS2/c20-12-5-2-1-4-10(12)9-29-18-25-16-15(17(27)26-18)11(19(21,22)23)8-13(24-16)14-6-3-7-28-14/h1-8H,9H2,(H,24,25,26,27). The van der Waals surface area contributed by atoms with Crippen molar-refractivity contribution in [1.29, 1.82) is 0 Å². The van der Waals surface area contributed by atoms with Gasteiger partial charge in [-0.25, -0.2) is 14.4 Å². The number of H-pyrrole nitrogens is 1. The molecule has 0 radical (unpaired) electrons. The van der Waals surface area contributed by atoms with Crippen molar-refractivity contribution < 1.29 is 17.6 Å². The van der Waals surface area contributed by atoms with Crippen molar-refractivity contribution in [2.45, 2.75) is 17.1 Å². The molecule has 148 valence electrons. The largest absolute Gasteiger partial charge is 0.417 e. The molecule has 0 aliphatic carbocycles. The fourth-order valence-corrected chi connectivity index (χ4v) is 4.25. The number of rotatable bonds is 4. The van der Waals surface area contributed by atoms with E-state index in [0.29, 0.717) is 10.4 Å². The molecule has 4 rings (SSSR count). The summed E-state index contributed by atoms with van der Waals surface area (Å²) in [7, 11) is 0. The number of benzene rings is 1. The zero-order valence-electron chi connectivity index (χ0n) is 14.5. The predicted molar refractivity (Wildman–Crippen MR) is 104 cm³/mol. The Hall–Kier alpha value is -2.72. The fraction of sp³-hybridized carbons (Fsp3) is 0.105. The summed E-state index contributed by atoms with van der Waals surface area (Å²) >= 11 is 2.24. The molecule has 0 aliphatic heterocycles. The van der Waals surface area contributed by atoms with Crippen LogP contribution in [0.2, 0.25) is 0 Å². The Morgan fingerprint density at radius 2 is 1.90 bits per heavy atom. The van der Waals surface area contributed by atoms with E-state index in [2.05, 4.69) is 15.0 Å². The first-order chi connectivity index (χ1) is 13.8. The summed E-state index contributed by atoms with van der Waals surface area (Å²) in [6.45, 7) is 0. The lowest BCUT2D eigenvalue weighted by molar-refractivity contribution is -0.136. The molecule has 0 saturated carbocycles. The predicted octanol–water partition coefficient (Wildman–Crippen LogP) is 5.50. The Morgan fingerprint density at radius 1 is 1.10 bits per heavy atom. The normalized spacial score (nSPS) is 11.9. The van der Waals surface area contributed by atoms with E-state index in [0.717, 1.165) is 17.8 Å². The number of nitrogens with one attached hydrogen (secondary N) is 1. The second-order valence-electron chi connectivity index (χ2n) is 5.98. The van der Waals surface area contributed by atoms with Crippen molar-refractivity contribution in [3.63, 3.8) is 0 Å². The lowest BCUT2D eigenvalue weighted by Crippen LogP contribution is -2.17. The van der Waals surface area contributed by atoms with Crippen molar-refractivity contribution in [2.24, 2.45) is 0 Å². The van der Waals surface area contributed by atoms with E-state index in [4.69, 9.17) is 0 Å². The Bertz CT molecular complexity index is 1240. The number of aromatic amines is 1. The summed E-state index contributed by atoms with van der Waals surface area (Å²) in [5.41, 5.74) is -1.86. The Kier molecular flexibility index (Phi) is 5.13. The highest BCUT2D eigenvalue weighted by Gasteiger charge is 2.35. The van der Waals surface area contributed by atoms with Gasteiger partial charge < -0.3 is 4.98 Å². The van der Waals surface area contributed by atoms with Gasteiger partial charge in [-0.05, 0) is 29.1 Å². The van der Waals surface area contributed by atoms with Crippen LogP contribution in [0.15, 0.2) is 57.8 Å². The molecule has 0 atom stereocenters. The van der Waals surface area contributed by atoms with Crippen LogP contribution in [0.4, 0.5) is 17.6 Å². The van der Waals surface area contributed by atoms with Gasteiger partial charge in [0.05, 0.1) is 21.5 Å². The van der Waals surface area contributed by atoms with Crippen LogP contribution in [-0.2, 0) is 11.9 Å². The van der Waals surface area contributed by atoms with Crippen molar-refractivity contribution in [1.82, 2.24) is 15.0 Å². The minimum Gasteiger partial charge on any atom is -0.301 e. The number of aromatic nitrogens is 3. The average Bonchev–Trinajstić information content (AvgIpc) is 3.20. The third-order valence-corrected chi connectivity index (χ3v) is 5.87. The smallest absolute Gasteiger partial charge is 0.301 e. The molecule has 0 fully saturated rings. The summed E-state index contributed by atoms with van der Waals surface area (Å²) in [6, 6.07) is 10.3. The second kappa shape index (κ2) is 7.60. The summed E-state index contributed by atoms with van der Waals surface area (Å²) in [5, 5.41) is 1.16. The number of thiophene rings is 1. The van der Waals surface area contributed by atoms with Gasteiger partial charge in [-0.2, -0.15) is 13.2 Å². The molecule has 0 aliphatic rings. The topological polar surface area (TPSA) is 58.6 Å². The monoisotopic (exact) mass is 437 g/mol. The molecule has 1 N–H and O–H groups in total. The van der Waals surface area contributed by atoms with Gasteiger partial charge in [-0.1, -0.05) is 36.0 Å². The first-order valence-electron chi connectivity index (χ1n) is 8.25. The quantitative estimate of drug-likeness (QED) is 0.260. The van der Waals surface area contributed by atoms with Crippen LogP contribution in [-0.4, -0.2) is 15.0 Å². The lowest BCUT2D eigenvalue weighted by atomic mass is 10.1. The fourth-order valence-electron chi connectivity index (χ4n) is 2.72. The molecule has 0 saturated heterocycles. The van der Waals surface area contributed by atoms with E-state index >= 15 is 0 Å². The number of thioether (sulfide) groups is 1. The minimum absolute atomic E-state index is 0.0645. The molecule has 3 heterocycles. The van der Waals surface area contributed by atoms with Crippen LogP contribution < -0.4 is 5.56 Å². The van der Waals surface area contributed by atoms with Gasteiger partial charge >= 0.3 is 6.18 Å². The van der Waals surface area contributed by atoms with E-state index in [1.165, 1.54) is 17.4 Å². The Labute approximate surface area is 169 Å². The SMILES string of the molecule is O=c1[nH]c(SCc2ccccc2F)nc2nc(-c3cccs3)cc(C(F)(F)F)c12. The highest BCUT2D eigenvalue weighted by molar-refractivity contribution is 7.98. The van der Waals surface area contributed by atoms with E-state index in [1.54, 1.807) is 35.7 Å². The van der Waals surface area contributed by atoms with Crippen LogP contribution >= 0.6 is 23.1 Å². The molecule has 0 spiro atoms. The Morgan fingerprint density at radius 3 is 2.59 bits per heavy atom. The molecule has 1 aromatic carbocycles. The van der Waals surface area contributed by atoms with Gasteiger partial charge in [0.1, 0.15) is 5.82 Å². The third-order valence-electron chi connectivity index (χ3n) is 4.06. The van der Waals surface area contributed by atoms with E-state index in [9.17, 15) is 22.4 Å². The lowest BCUT2D eigenvalue weighted by Gasteiger charge is -2.12. The summed E-state index contributed by atoms with van der Waals surface area (Å²) in [5.74, 6) is -0.265. The minimum atomic E-state index is -4.75. The number of hydrogen-bond acceptors (Lipinski definition) is 5. The van der Waals surface area contributed by atoms with E-state index in [-0.39, 0.29) is 22.3 Å². The van der Waals surface area contributed by atoms with Gasteiger partial charge in [-0.15, -0.1) is 11.3 Å². The third kappa shape index (κ3) is 4.03. The van der Waals surface area contributed by atoms with E-state index < -0.39 is 28.5 Å². The maximum atomic E-state index is 13.8. The highest BCUT2D eigenvalue weighted by atomic mass is 32.2. The molecular formula is C19H11F4N3OS2. The molecule has 4 nitrogen and oxygen atoms in total. The van der Waals surface area contributed by atoms with Crippen LogP contribution in [0.1, 0.15) is 11.1 Å². The first-order valence-corrected chi connectivity index (χ1v) is 10.1. The maximum absolute atomic E-state index is 13.8. The average molecular weight is 437 g/mol. The molecule has 3 aromatic heterocycles. The number of hydrogen-bond donors (Lipinski definition) is 1. The number of nitrogens with zero attached hydrogens (tertiary/aromatic N) is 2. The van der Waals surface area contributed by atoms with Gasteiger partial charge in [0, 0.05) is 5.75 Å². The van der Waals surface area contributed by atoms with Crippen LogP contribution in [0, 0.1) is 5.82 Å². The molecule has 0 unspecified atom stereocenters. The summed E-state index contributed by atoms with van der Waals surface area (Å²) in [4.78, 5) is 23.6. The van der Waals surface area contributed by atoms with E-state index in [1.807, 2.05) is 0 Å². The second-order valence-corrected chi connectivity index (χ2v) is 7.89. The highest BCUT2D eigenvalue weighted by Crippen LogP contribution is 2.36. The first kappa shape index (κ1) is 19.6. The number of fused-ring (bicyclic) bond motifs is 1. The maximum Gasteiger partial charge on any atom is 0.417 e. The van der Waals surface area contributed by atoms with Crippen LogP contribution in [0.5, 0.6) is 0 Å². The number of halogens is 4. The summed E-state index contributed by atoms with van der Waals surface area (Å²) in [6.07, 6.45) is -4.75. The number of alkyl halides is 3. The molecule has 0 amide bonds. The van der Waals surface area contributed by atoms with Crippen molar-refractivity contribution in [3.05, 3.63) is 75.1 Å². The molecule has 29 heavy (non-hydrogen) atoms. The van der Waals surface area contributed by atoms with Crippen molar-refractivity contribution in [3.8, 4) is 10.6 Å². The molecule has 10 heteroatoms. The molecule has 0 bridgehead atoms. The van der Waals surface area contributed by atoms with Gasteiger partial charge in [0.15, 0.2) is 10.8 Å². The Balaban J connectivity index is 1.81.